The number of unbranched alkanes of at least 4 members (excludes halogenated alkanes) is 15. The van der Waals surface area contributed by atoms with Crippen LogP contribution in [0.5, 0.6) is 11.5 Å². The number of aliphatic hydroxyl groups is 1. The van der Waals surface area contributed by atoms with Crippen molar-refractivity contribution in [3.8, 4) is 11.5 Å². The van der Waals surface area contributed by atoms with E-state index in [2.05, 4.69) is 6.92 Å². The van der Waals surface area contributed by atoms with E-state index in [0.717, 1.165) is 19.3 Å². The maximum absolute atomic E-state index is 14.3. The van der Waals surface area contributed by atoms with Crippen molar-refractivity contribution in [2.24, 2.45) is 0 Å². The lowest BCUT2D eigenvalue weighted by molar-refractivity contribution is -0.0490. The number of hydrogen-bond donors (Lipinski definition) is 1. The van der Waals surface area contributed by atoms with Gasteiger partial charge in [-0.2, -0.15) is 0 Å². The van der Waals surface area contributed by atoms with Gasteiger partial charge < -0.3 is 23.6 Å². The minimum atomic E-state index is -3.96. The van der Waals surface area contributed by atoms with Crippen LogP contribution in [-0.2, 0) is 14.0 Å². The Morgan fingerprint density at radius 2 is 1.02 bits per heavy atom. The van der Waals surface area contributed by atoms with Gasteiger partial charge in [0.05, 0.1) is 6.61 Å². The molecule has 41 heavy (non-hydrogen) atoms. The molecule has 0 aliphatic rings. The van der Waals surface area contributed by atoms with Crippen molar-refractivity contribution in [1.82, 2.24) is 0 Å². The average Bonchev–Trinajstić information content (AvgIpc) is 2.99. The van der Waals surface area contributed by atoms with Crippen molar-refractivity contribution >= 4 is 7.60 Å². The summed E-state index contributed by atoms with van der Waals surface area (Å²) in [6, 6.07) is 17.8. The smallest absolute Gasteiger partial charge is 0.414 e. The van der Waals surface area contributed by atoms with E-state index in [1.54, 1.807) is 48.5 Å². The Kier molecular flexibility index (Phi) is 19.6. The van der Waals surface area contributed by atoms with Gasteiger partial charge in [-0.1, -0.05) is 140 Å². The Bertz CT molecular complexity index is 860. The summed E-state index contributed by atoms with van der Waals surface area (Å²) in [5.41, 5.74) is 0. The van der Waals surface area contributed by atoms with Crippen LogP contribution in [0.4, 0.5) is 0 Å². The van der Waals surface area contributed by atoms with Crippen molar-refractivity contribution in [1.29, 1.82) is 0 Å². The number of rotatable bonds is 26. The predicted molar refractivity (Wildman–Crippen MR) is 169 cm³/mol. The maximum atomic E-state index is 14.3. The third kappa shape index (κ3) is 15.3. The Morgan fingerprint density at radius 3 is 1.39 bits per heavy atom. The molecule has 1 N–H and O–H groups in total. The van der Waals surface area contributed by atoms with Crippen LogP contribution in [0, 0.1) is 0 Å². The lowest BCUT2D eigenvalue weighted by Crippen LogP contribution is -2.37. The molecular formula is C34H55O6P. The highest BCUT2D eigenvalue weighted by atomic mass is 31.2. The summed E-state index contributed by atoms with van der Waals surface area (Å²) >= 11 is 0. The van der Waals surface area contributed by atoms with Gasteiger partial charge in [-0.3, -0.25) is 0 Å². The zero-order valence-electron chi connectivity index (χ0n) is 25.6. The molecule has 6 nitrogen and oxygen atoms in total. The predicted octanol–water partition coefficient (Wildman–Crippen LogP) is 9.95. The lowest BCUT2D eigenvalue weighted by atomic mass is 10.0. The Morgan fingerprint density at radius 1 is 0.634 bits per heavy atom. The molecule has 2 aromatic rings. The fourth-order valence-electron chi connectivity index (χ4n) is 4.92. The van der Waals surface area contributed by atoms with Gasteiger partial charge in [0.25, 0.3) is 0 Å². The Balaban J connectivity index is 1.73. The number of para-hydroxylation sites is 2. The van der Waals surface area contributed by atoms with Crippen molar-refractivity contribution in [2.75, 3.05) is 20.3 Å². The molecule has 0 heterocycles. The average molecular weight is 591 g/mol. The minimum absolute atomic E-state index is 0.375. The van der Waals surface area contributed by atoms with Crippen LogP contribution in [-0.4, -0.2) is 37.4 Å². The molecule has 0 aliphatic heterocycles. The van der Waals surface area contributed by atoms with Gasteiger partial charge >= 0.3 is 7.60 Å². The Hall–Kier alpha value is -1.85. The van der Waals surface area contributed by atoms with Gasteiger partial charge in [0.1, 0.15) is 17.6 Å². The maximum Gasteiger partial charge on any atom is 0.462 e. The van der Waals surface area contributed by atoms with E-state index in [4.69, 9.17) is 18.5 Å². The molecule has 0 saturated heterocycles. The van der Waals surface area contributed by atoms with E-state index < -0.39 is 19.5 Å². The number of ether oxygens (including phenoxy) is 2. The van der Waals surface area contributed by atoms with Crippen LogP contribution in [0.25, 0.3) is 0 Å². The standard InChI is InChI=1S/C34H55O6P/c1-3-4-5-6-7-8-9-10-11-12-13-14-15-16-17-24-29-38-34(33(30-35)37-2)41(36,39-31-25-20-18-21-26-31)40-32-27-22-19-23-28-32/h18-23,25-28,33-35H,3-17,24,29-30H2,1-2H3/t33-,34+/m0/s1. The van der Waals surface area contributed by atoms with Crippen LogP contribution >= 0.6 is 7.60 Å². The monoisotopic (exact) mass is 590 g/mol. The molecule has 0 aromatic heterocycles. The number of aliphatic hydroxyl groups excluding tert-OH is 1. The molecule has 0 radical (unpaired) electrons. The van der Waals surface area contributed by atoms with E-state index in [-0.39, 0.29) is 6.61 Å². The van der Waals surface area contributed by atoms with Crippen molar-refractivity contribution in [3.05, 3.63) is 60.7 Å². The van der Waals surface area contributed by atoms with Crippen molar-refractivity contribution in [3.63, 3.8) is 0 Å². The molecule has 2 rings (SSSR count). The van der Waals surface area contributed by atoms with Gasteiger partial charge in [-0.05, 0) is 30.7 Å². The quantitative estimate of drug-likeness (QED) is 0.0868. The van der Waals surface area contributed by atoms with Crippen molar-refractivity contribution < 1.29 is 28.2 Å². The third-order valence-electron chi connectivity index (χ3n) is 7.35. The summed E-state index contributed by atoms with van der Waals surface area (Å²) in [5, 5.41) is 10.00. The molecule has 0 saturated carbocycles. The summed E-state index contributed by atoms with van der Waals surface area (Å²) in [6.07, 6.45) is 19.8. The lowest BCUT2D eigenvalue weighted by Gasteiger charge is -2.31. The molecule has 0 unspecified atom stereocenters. The van der Waals surface area contributed by atoms with E-state index in [1.165, 1.54) is 90.6 Å². The second-order valence-electron chi connectivity index (χ2n) is 10.9. The van der Waals surface area contributed by atoms with Gasteiger partial charge in [0.2, 0.25) is 5.85 Å². The van der Waals surface area contributed by atoms with Crippen LogP contribution in [0.2, 0.25) is 0 Å². The van der Waals surface area contributed by atoms with Gasteiger partial charge in [0.15, 0.2) is 0 Å². The highest BCUT2D eigenvalue weighted by Crippen LogP contribution is 2.54. The molecule has 2 atom stereocenters. The first kappa shape index (κ1) is 35.3. The van der Waals surface area contributed by atoms with Gasteiger partial charge in [-0.15, -0.1) is 0 Å². The first-order valence-electron chi connectivity index (χ1n) is 16.0. The Labute approximate surface area is 249 Å². The van der Waals surface area contributed by atoms with E-state index in [9.17, 15) is 9.67 Å². The molecular weight excluding hydrogens is 535 g/mol. The molecule has 0 fully saturated rings. The number of methoxy groups -OCH3 is 1. The summed E-state index contributed by atoms with van der Waals surface area (Å²) < 4.78 is 37.7. The van der Waals surface area contributed by atoms with E-state index in [1.807, 2.05) is 12.1 Å². The van der Waals surface area contributed by atoms with Crippen molar-refractivity contribution in [2.45, 2.75) is 122 Å². The summed E-state index contributed by atoms with van der Waals surface area (Å²) in [6.45, 7) is 2.28. The van der Waals surface area contributed by atoms with E-state index >= 15 is 0 Å². The number of benzene rings is 2. The molecule has 0 spiro atoms. The second kappa shape index (κ2) is 22.7. The zero-order valence-corrected chi connectivity index (χ0v) is 26.5. The SMILES string of the molecule is CCCCCCCCCCCCCCCCCCO[C@@H]([C@H](CO)OC)P(=O)(Oc1ccccc1)Oc1ccccc1. The molecule has 232 valence electrons. The summed E-state index contributed by atoms with van der Waals surface area (Å²) in [7, 11) is -2.50. The first-order chi connectivity index (χ1) is 20.1. The fraction of sp³-hybridized carbons (Fsp3) is 0.647. The highest BCUT2D eigenvalue weighted by molar-refractivity contribution is 7.55. The van der Waals surface area contributed by atoms with Crippen LogP contribution in [0.15, 0.2) is 60.7 Å². The van der Waals surface area contributed by atoms with Crippen LogP contribution < -0.4 is 9.05 Å². The van der Waals surface area contributed by atoms with Gasteiger partial charge in [-0.25, -0.2) is 4.57 Å². The van der Waals surface area contributed by atoms with Crippen LogP contribution in [0.3, 0.4) is 0 Å². The highest BCUT2D eigenvalue weighted by Gasteiger charge is 2.46. The largest absolute Gasteiger partial charge is 0.462 e. The first-order valence-corrected chi connectivity index (χ1v) is 17.6. The molecule has 0 amide bonds. The summed E-state index contributed by atoms with van der Waals surface area (Å²) in [5.74, 6) is -0.291. The van der Waals surface area contributed by atoms with E-state index in [0.29, 0.717) is 18.1 Å². The fourth-order valence-corrected chi connectivity index (χ4v) is 6.90. The second-order valence-corrected chi connectivity index (χ2v) is 12.8. The molecule has 2 aromatic carbocycles. The topological polar surface area (TPSA) is 74.2 Å². The number of hydrogen-bond acceptors (Lipinski definition) is 6. The summed E-state index contributed by atoms with van der Waals surface area (Å²) in [4.78, 5) is 0. The molecule has 7 heteroatoms. The normalized spacial score (nSPS) is 13.1. The van der Waals surface area contributed by atoms with Gasteiger partial charge in [0, 0.05) is 13.7 Å². The molecule has 0 bridgehead atoms. The third-order valence-corrected chi connectivity index (χ3v) is 9.39. The molecule has 0 aliphatic carbocycles. The zero-order chi connectivity index (χ0) is 29.4. The van der Waals surface area contributed by atoms with Crippen LogP contribution in [0.1, 0.15) is 110 Å². The minimum Gasteiger partial charge on any atom is -0.414 e.